The summed E-state index contributed by atoms with van der Waals surface area (Å²) < 4.78 is 14.5. The van der Waals surface area contributed by atoms with Gasteiger partial charge in [-0.25, -0.2) is 9.18 Å². The predicted octanol–water partition coefficient (Wildman–Crippen LogP) is 5.72. The molecule has 1 aromatic heterocycles. The summed E-state index contributed by atoms with van der Waals surface area (Å²) in [5, 5.41) is 17.0. The van der Waals surface area contributed by atoms with Gasteiger partial charge in [0.05, 0.1) is 21.6 Å². The third-order valence-electron chi connectivity index (χ3n) is 9.13. The smallest absolute Gasteiger partial charge is 0.408 e. The lowest BCUT2D eigenvalue weighted by molar-refractivity contribution is -0.137. The highest BCUT2D eigenvalue weighted by atomic mass is 35.5. The van der Waals surface area contributed by atoms with Crippen molar-refractivity contribution < 1.29 is 23.9 Å². The van der Waals surface area contributed by atoms with Gasteiger partial charge in [-0.2, -0.15) is 0 Å². The van der Waals surface area contributed by atoms with E-state index in [1.54, 1.807) is 24.3 Å². The number of carbonyl (C=O) groups excluding carboxylic acids is 2. The zero-order valence-corrected chi connectivity index (χ0v) is 27.5. The number of nitrogens with zero attached hydrogens (tertiary/aromatic N) is 1. The summed E-state index contributed by atoms with van der Waals surface area (Å²) in [5.41, 5.74) is 7.25. The Morgan fingerprint density at radius 1 is 1.16 bits per heavy atom. The molecule has 0 fully saturated rings. The fraction of sp³-hybridized carbons (Fsp3) is 0.455. The maximum absolute atomic E-state index is 14.5. The van der Waals surface area contributed by atoms with Crippen LogP contribution in [0.3, 0.4) is 0 Å². The molecule has 0 bridgehead atoms. The lowest BCUT2D eigenvalue weighted by Gasteiger charge is -2.41. The minimum absolute atomic E-state index is 0.0142. The molecule has 0 saturated carbocycles. The van der Waals surface area contributed by atoms with Gasteiger partial charge < -0.3 is 26.5 Å². The van der Waals surface area contributed by atoms with Crippen LogP contribution in [0.4, 0.5) is 9.18 Å². The van der Waals surface area contributed by atoms with E-state index < -0.39 is 41.3 Å². The molecule has 2 unspecified atom stereocenters. The normalized spacial score (nSPS) is 18.7. The molecule has 0 saturated heterocycles. The van der Waals surface area contributed by atoms with Crippen LogP contribution in [0.25, 0.3) is 10.9 Å². The van der Waals surface area contributed by atoms with E-state index in [1.807, 2.05) is 33.8 Å². The molecule has 3 aromatic rings. The molecule has 3 amide bonds. The largest absolute Gasteiger partial charge is 0.465 e. The number of aromatic amines is 1. The minimum atomic E-state index is -1.52. The molecule has 45 heavy (non-hydrogen) atoms. The summed E-state index contributed by atoms with van der Waals surface area (Å²) in [4.78, 5) is 45.9. The first-order valence-corrected chi connectivity index (χ1v) is 16.0. The van der Waals surface area contributed by atoms with Gasteiger partial charge in [0.2, 0.25) is 11.8 Å². The number of nitrogens with one attached hydrogen (secondary N) is 3. The number of nitrogens with two attached hydrogens (primary N) is 1. The predicted molar refractivity (Wildman–Crippen MR) is 178 cm³/mol. The summed E-state index contributed by atoms with van der Waals surface area (Å²) in [5.74, 6) is -2.08. The van der Waals surface area contributed by atoms with E-state index in [1.165, 1.54) is 12.1 Å². The van der Waals surface area contributed by atoms with Crippen molar-refractivity contribution in [2.24, 2.45) is 17.6 Å². The van der Waals surface area contributed by atoms with Crippen LogP contribution >= 0.6 is 23.8 Å². The van der Waals surface area contributed by atoms with E-state index in [0.717, 1.165) is 16.2 Å². The highest BCUT2D eigenvalue weighted by molar-refractivity contribution is 7.80. The zero-order chi connectivity index (χ0) is 33.1. The number of halogens is 2. The van der Waals surface area contributed by atoms with E-state index >= 15 is 0 Å². The van der Waals surface area contributed by atoms with Gasteiger partial charge in [-0.3, -0.25) is 14.5 Å². The topological polar surface area (TPSA) is 141 Å². The van der Waals surface area contributed by atoms with Crippen molar-refractivity contribution in [1.82, 2.24) is 20.5 Å². The monoisotopic (exact) mass is 657 g/mol. The number of H-pyrrole nitrogens is 1. The fourth-order valence-electron chi connectivity index (χ4n) is 6.14. The first kappa shape index (κ1) is 34.2. The molecule has 1 heterocycles. The Labute approximate surface area is 273 Å². The molecule has 1 aliphatic carbocycles. The quantitative estimate of drug-likeness (QED) is 0.158. The summed E-state index contributed by atoms with van der Waals surface area (Å²) >= 11 is 11.7. The fourth-order valence-corrected chi connectivity index (χ4v) is 6.69. The van der Waals surface area contributed by atoms with Gasteiger partial charge in [-0.15, -0.1) is 0 Å². The molecule has 242 valence electrons. The molecule has 5 atom stereocenters. The lowest BCUT2D eigenvalue weighted by Crippen LogP contribution is -2.67. The second-order valence-corrected chi connectivity index (χ2v) is 13.0. The molecule has 2 aromatic carbocycles. The molecule has 6 N–H and O–H groups in total. The third-order valence-corrected chi connectivity index (χ3v) is 9.68. The van der Waals surface area contributed by atoms with Crippen molar-refractivity contribution >= 4 is 57.6 Å². The van der Waals surface area contributed by atoms with Crippen molar-refractivity contribution in [3.63, 3.8) is 0 Å². The SMILES string of the molecule is CC[C@H](C)C(NC(=O)[C@@]1(NC(=O)C([C@@H](C)CC)N(Cc2ccccc2)C(=O)O)CCc2[nH]c3c(Cl)cc(F)cc3c2C1)C(N)=S. The number of fused-ring (bicyclic) bond motifs is 3. The van der Waals surface area contributed by atoms with Gasteiger partial charge in [0, 0.05) is 24.0 Å². The molecule has 0 aliphatic heterocycles. The number of aryl methyl sites for hydroxylation is 1. The Hall–Kier alpha value is -3.70. The van der Waals surface area contributed by atoms with E-state index in [0.29, 0.717) is 35.7 Å². The molecular formula is C33H41ClFN5O4S. The van der Waals surface area contributed by atoms with Crippen LogP contribution in [-0.4, -0.2) is 55.5 Å². The Bertz CT molecular complexity index is 1580. The molecule has 0 spiro atoms. The number of hydrogen-bond acceptors (Lipinski definition) is 4. The molecular weight excluding hydrogens is 617 g/mol. The molecule has 1 aliphatic rings. The Kier molecular flexibility index (Phi) is 10.8. The van der Waals surface area contributed by atoms with Crippen LogP contribution in [-0.2, 0) is 29.0 Å². The molecule has 0 radical (unpaired) electrons. The molecule has 4 rings (SSSR count). The van der Waals surface area contributed by atoms with Gasteiger partial charge in [0.1, 0.15) is 17.4 Å². The standard InChI is InChI=1S/C33H41ClFN5O4S/c1-5-18(3)26(29(36)45)38-31(42)33(13-12-25-23(16-33)22-14-21(35)15-24(34)27(22)37-25)39-30(41)28(19(4)6-2)40(32(43)44)17-20-10-8-7-9-11-20/h7-11,14-15,18-19,26,28,37H,5-6,12-13,16-17H2,1-4H3,(H2,36,45)(H,38,42)(H,39,41)(H,43,44)/t18-,19-,26?,28?,33+/m0/s1. The summed E-state index contributed by atoms with van der Waals surface area (Å²) in [7, 11) is 0. The van der Waals surface area contributed by atoms with Gasteiger partial charge in [0.25, 0.3) is 0 Å². The number of aromatic nitrogens is 1. The van der Waals surface area contributed by atoms with Gasteiger partial charge >= 0.3 is 6.09 Å². The second-order valence-electron chi connectivity index (χ2n) is 12.1. The zero-order valence-electron chi connectivity index (χ0n) is 26.0. The highest BCUT2D eigenvalue weighted by Crippen LogP contribution is 2.37. The number of carboxylic acid groups (broad SMARTS) is 1. The number of rotatable bonds is 12. The highest BCUT2D eigenvalue weighted by Gasteiger charge is 2.47. The summed E-state index contributed by atoms with van der Waals surface area (Å²) in [6.07, 6.45) is 0.498. The van der Waals surface area contributed by atoms with Crippen LogP contribution < -0.4 is 16.4 Å². The van der Waals surface area contributed by atoms with Gasteiger partial charge in [-0.05, 0) is 47.9 Å². The average molecular weight is 658 g/mol. The van der Waals surface area contributed by atoms with E-state index in [-0.39, 0.29) is 41.2 Å². The Morgan fingerprint density at radius 2 is 1.82 bits per heavy atom. The average Bonchev–Trinajstić information content (AvgIpc) is 3.36. The van der Waals surface area contributed by atoms with Crippen molar-refractivity contribution in [1.29, 1.82) is 0 Å². The van der Waals surface area contributed by atoms with Crippen LogP contribution in [0.2, 0.25) is 5.02 Å². The van der Waals surface area contributed by atoms with Crippen molar-refractivity contribution in [3.05, 3.63) is 70.1 Å². The second kappa shape index (κ2) is 14.2. The van der Waals surface area contributed by atoms with Gasteiger partial charge in [0.15, 0.2) is 0 Å². The first-order chi connectivity index (χ1) is 21.3. The Balaban J connectivity index is 1.79. The van der Waals surface area contributed by atoms with Crippen molar-refractivity contribution in [2.75, 3.05) is 0 Å². The van der Waals surface area contributed by atoms with Crippen LogP contribution in [0.5, 0.6) is 0 Å². The lowest BCUT2D eigenvalue weighted by atomic mass is 9.78. The van der Waals surface area contributed by atoms with Crippen molar-refractivity contribution in [2.45, 2.75) is 84.0 Å². The van der Waals surface area contributed by atoms with Crippen LogP contribution in [0, 0.1) is 17.7 Å². The maximum atomic E-state index is 14.5. The third kappa shape index (κ3) is 7.25. The number of benzene rings is 2. The minimum Gasteiger partial charge on any atom is -0.465 e. The van der Waals surface area contributed by atoms with Crippen LogP contribution in [0.15, 0.2) is 42.5 Å². The number of carbonyl (C=O) groups is 3. The van der Waals surface area contributed by atoms with Crippen LogP contribution in [0.1, 0.15) is 63.8 Å². The van der Waals surface area contributed by atoms with Gasteiger partial charge in [-0.1, -0.05) is 94.7 Å². The number of hydrogen-bond donors (Lipinski definition) is 5. The molecule has 9 nitrogen and oxygen atoms in total. The molecule has 12 heteroatoms. The first-order valence-electron chi connectivity index (χ1n) is 15.3. The summed E-state index contributed by atoms with van der Waals surface area (Å²) in [6, 6.07) is 9.87. The Morgan fingerprint density at radius 3 is 2.42 bits per heavy atom. The maximum Gasteiger partial charge on any atom is 0.408 e. The van der Waals surface area contributed by atoms with E-state index in [4.69, 9.17) is 29.6 Å². The number of thiocarbonyl (C=S) groups is 1. The van der Waals surface area contributed by atoms with E-state index in [9.17, 15) is 23.9 Å². The number of amides is 3. The summed E-state index contributed by atoms with van der Waals surface area (Å²) in [6.45, 7) is 7.56. The van der Waals surface area contributed by atoms with E-state index in [2.05, 4.69) is 15.6 Å². The van der Waals surface area contributed by atoms with Crippen molar-refractivity contribution in [3.8, 4) is 0 Å².